The smallest absolute Gasteiger partial charge is 0.378 e. The number of anilines is 2. The maximum absolute atomic E-state index is 14.3. The van der Waals surface area contributed by atoms with Gasteiger partial charge in [-0.2, -0.15) is 13.2 Å². The quantitative estimate of drug-likeness (QED) is 0.791. The van der Waals surface area contributed by atoms with E-state index in [0.29, 0.717) is 24.1 Å². The Labute approximate surface area is 125 Å². The van der Waals surface area contributed by atoms with Gasteiger partial charge in [0.05, 0.1) is 6.93 Å². The Balaban J connectivity index is 2.14. The molecule has 1 unspecified atom stereocenters. The zero-order valence-electron chi connectivity index (χ0n) is 12.4. The molecule has 0 amide bonds. The first-order valence-electron chi connectivity index (χ1n) is 7.01. The summed E-state index contributed by atoms with van der Waals surface area (Å²) in [6.07, 6.45) is -3.58. The largest absolute Gasteiger partial charge is 0.416 e. The lowest BCUT2D eigenvalue weighted by molar-refractivity contribution is -0.137. The summed E-state index contributed by atoms with van der Waals surface area (Å²) in [5.74, 6) is -0.819. The van der Waals surface area contributed by atoms with Gasteiger partial charge in [-0.1, -0.05) is 0 Å². The first-order valence-corrected chi connectivity index (χ1v) is 6.51. The molecule has 8 heteroatoms. The van der Waals surface area contributed by atoms with Crippen LogP contribution in [0.1, 0.15) is 13.9 Å². The van der Waals surface area contributed by atoms with E-state index in [2.05, 4.69) is 20.6 Å². The van der Waals surface area contributed by atoms with E-state index >= 15 is 0 Å². The zero-order valence-corrected chi connectivity index (χ0v) is 11.4. The first-order chi connectivity index (χ1) is 10.8. The van der Waals surface area contributed by atoms with Gasteiger partial charge in [0.15, 0.2) is 5.82 Å². The summed E-state index contributed by atoms with van der Waals surface area (Å²) in [5, 5.41) is 6.11. The molecule has 2 N–H and O–H groups in total. The van der Waals surface area contributed by atoms with Gasteiger partial charge in [-0.3, -0.25) is 0 Å². The fraction of sp³-hybridized carbons (Fsp3) is 0.286. The predicted octanol–water partition coefficient (Wildman–Crippen LogP) is 3.53. The fourth-order valence-corrected chi connectivity index (χ4v) is 2.22. The molecular formula is C14H12F4N4. The molecule has 0 aliphatic carbocycles. The van der Waals surface area contributed by atoms with Gasteiger partial charge in [-0.05, 0) is 25.1 Å². The SMILES string of the molecule is [2H]c1c(C(F)(F)F)ccc(-c2ncnc3c2NCC(C)N3)c1F. The lowest BCUT2D eigenvalue weighted by atomic mass is 10.1. The summed E-state index contributed by atoms with van der Waals surface area (Å²) < 4.78 is 60.0. The number of aromatic nitrogens is 2. The van der Waals surface area contributed by atoms with Crippen molar-refractivity contribution < 1.29 is 18.9 Å². The highest BCUT2D eigenvalue weighted by atomic mass is 19.4. The summed E-state index contributed by atoms with van der Waals surface area (Å²) in [6, 6.07) is 0.570. The second-order valence-corrected chi connectivity index (χ2v) is 4.97. The highest BCUT2D eigenvalue weighted by Gasteiger charge is 2.31. The van der Waals surface area contributed by atoms with Gasteiger partial charge < -0.3 is 10.6 Å². The Morgan fingerprint density at radius 1 is 1.32 bits per heavy atom. The van der Waals surface area contributed by atoms with E-state index in [1.54, 1.807) is 0 Å². The Kier molecular flexibility index (Phi) is 3.09. The molecule has 116 valence electrons. The van der Waals surface area contributed by atoms with E-state index in [1.807, 2.05) is 6.92 Å². The number of benzene rings is 1. The highest BCUT2D eigenvalue weighted by Crippen LogP contribution is 2.37. The van der Waals surface area contributed by atoms with Crippen molar-refractivity contribution in [3.63, 3.8) is 0 Å². The van der Waals surface area contributed by atoms with Crippen molar-refractivity contribution in [2.45, 2.75) is 19.1 Å². The summed E-state index contributed by atoms with van der Waals surface area (Å²) in [7, 11) is 0. The Morgan fingerprint density at radius 2 is 2.09 bits per heavy atom. The minimum Gasteiger partial charge on any atom is -0.378 e. The monoisotopic (exact) mass is 313 g/mol. The third kappa shape index (κ3) is 2.56. The summed E-state index contributed by atoms with van der Waals surface area (Å²) >= 11 is 0. The molecule has 3 rings (SSSR count). The second-order valence-electron chi connectivity index (χ2n) is 4.97. The van der Waals surface area contributed by atoms with E-state index in [9.17, 15) is 17.6 Å². The number of rotatable bonds is 1. The molecule has 1 aliphatic rings. The molecule has 22 heavy (non-hydrogen) atoms. The fourth-order valence-electron chi connectivity index (χ4n) is 2.22. The molecule has 1 aromatic heterocycles. The van der Waals surface area contributed by atoms with Crippen LogP contribution in [0.5, 0.6) is 0 Å². The topological polar surface area (TPSA) is 49.8 Å². The molecule has 1 aliphatic heterocycles. The van der Waals surface area contributed by atoms with Crippen molar-refractivity contribution in [3.8, 4) is 11.3 Å². The van der Waals surface area contributed by atoms with E-state index in [1.165, 1.54) is 6.33 Å². The van der Waals surface area contributed by atoms with Gasteiger partial charge in [0, 0.05) is 18.2 Å². The number of alkyl halides is 3. The van der Waals surface area contributed by atoms with Crippen LogP contribution in [0, 0.1) is 5.82 Å². The average Bonchev–Trinajstić information content (AvgIpc) is 2.48. The van der Waals surface area contributed by atoms with Crippen molar-refractivity contribution in [1.82, 2.24) is 9.97 Å². The Morgan fingerprint density at radius 3 is 2.82 bits per heavy atom. The molecule has 2 heterocycles. The van der Waals surface area contributed by atoms with Gasteiger partial charge in [-0.25, -0.2) is 14.4 Å². The second kappa shape index (κ2) is 5.11. The van der Waals surface area contributed by atoms with Crippen LogP contribution in [0.3, 0.4) is 0 Å². The van der Waals surface area contributed by atoms with Crippen molar-refractivity contribution in [2.24, 2.45) is 0 Å². The van der Waals surface area contributed by atoms with Crippen LogP contribution in [0.25, 0.3) is 11.3 Å². The number of fused-ring (bicyclic) bond motifs is 1. The third-order valence-electron chi connectivity index (χ3n) is 3.27. The summed E-state index contributed by atoms with van der Waals surface area (Å²) in [4.78, 5) is 7.99. The van der Waals surface area contributed by atoms with Gasteiger partial charge in [0.25, 0.3) is 0 Å². The maximum Gasteiger partial charge on any atom is 0.416 e. The minimum atomic E-state index is -4.78. The number of nitrogens with zero attached hydrogens (tertiary/aromatic N) is 2. The molecule has 4 nitrogen and oxygen atoms in total. The van der Waals surface area contributed by atoms with Crippen LogP contribution < -0.4 is 10.6 Å². The zero-order chi connectivity index (χ0) is 16.8. The Bertz CT molecular complexity index is 763. The molecule has 0 radical (unpaired) electrons. The molecule has 1 aromatic carbocycles. The van der Waals surface area contributed by atoms with Crippen LogP contribution in [-0.4, -0.2) is 22.6 Å². The molecule has 2 aromatic rings. The summed E-state index contributed by atoms with van der Waals surface area (Å²) in [5.41, 5.74) is -0.968. The molecule has 0 fully saturated rings. The lowest BCUT2D eigenvalue weighted by Gasteiger charge is -2.26. The van der Waals surface area contributed by atoms with Crippen LogP contribution in [0.4, 0.5) is 29.1 Å². The maximum atomic E-state index is 14.3. The van der Waals surface area contributed by atoms with E-state index in [0.717, 1.165) is 6.07 Å². The number of hydrogen-bond acceptors (Lipinski definition) is 4. The molecular weight excluding hydrogens is 300 g/mol. The summed E-state index contributed by atoms with van der Waals surface area (Å²) in [6.45, 7) is 2.45. The van der Waals surface area contributed by atoms with E-state index in [4.69, 9.17) is 1.37 Å². The van der Waals surface area contributed by atoms with Crippen LogP contribution in [0.2, 0.25) is 0 Å². The lowest BCUT2D eigenvalue weighted by Crippen LogP contribution is -2.31. The van der Waals surface area contributed by atoms with Crippen LogP contribution in [-0.2, 0) is 6.18 Å². The molecule has 1 atom stereocenters. The van der Waals surface area contributed by atoms with Gasteiger partial charge in [0.1, 0.15) is 23.5 Å². The van der Waals surface area contributed by atoms with Crippen molar-refractivity contribution >= 4 is 11.5 Å². The van der Waals surface area contributed by atoms with Crippen molar-refractivity contribution in [3.05, 3.63) is 35.9 Å². The number of hydrogen-bond donors (Lipinski definition) is 2. The number of halogens is 4. The normalized spacial score (nSPS) is 18.0. The van der Waals surface area contributed by atoms with Crippen molar-refractivity contribution in [1.29, 1.82) is 0 Å². The third-order valence-corrected chi connectivity index (χ3v) is 3.27. The minimum absolute atomic E-state index is 0.0921. The molecule has 0 saturated heterocycles. The van der Waals surface area contributed by atoms with Gasteiger partial charge in [-0.15, -0.1) is 0 Å². The average molecular weight is 313 g/mol. The standard InChI is InChI=1S/C14H12F4N4/c1-7-5-19-12-11(20-6-21-13(12)22-7)9-3-2-8(4-10(9)15)14(16,17)18/h2-4,6-7,19H,5H2,1H3,(H,20,21,22)/i4D. The molecule has 0 spiro atoms. The van der Waals surface area contributed by atoms with E-state index < -0.39 is 23.6 Å². The highest BCUT2D eigenvalue weighted by molar-refractivity contribution is 5.83. The Hall–Kier alpha value is -2.38. The van der Waals surface area contributed by atoms with Gasteiger partial charge in [0.2, 0.25) is 0 Å². The molecule has 0 bridgehead atoms. The predicted molar refractivity (Wildman–Crippen MR) is 74.0 cm³/mol. The van der Waals surface area contributed by atoms with Crippen LogP contribution in [0.15, 0.2) is 24.5 Å². The van der Waals surface area contributed by atoms with Gasteiger partial charge >= 0.3 is 6.18 Å². The van der Waals surface area contributed by atoms with Crippen molar-refractivity contribution in [2.75, 3.05) is 17.2 Å². The number of nitrogens with one attached hydrogen (secondary N) is 2. The van der Waals surface area contributed by atoms with E-state index in [-0.39, 0.29) is 17.3 Å². The molecule has 0 saturated carbocycles. The van der Waals surface area contributed by atoms with Crippen LogP contribution >= 0.6 is 0 Å². The first kappa shape index (κ1) is 13.3.